The molecule has 4 nitrogen and oxygen atoms in total. The Morgan fingerprint density at radius 2 is 2.21 bits per heavy atom. The van der Waals surface area contributed by atoms with Crippen molar-refractivity contribution >= 4 is 5.82 Å². The van der Waals surface area contributed by atoms with Gasteiger partial charge in [0.25, 0.3) is 0 Å². The number of halogens is 3. The zero-order valence-corrected chi connectivity index (χ0v) is 7.41. The lowest BCUT2D eigenvalue weighted by molar-refractivity contribution is -0.206. The molecule has 0 amide bonds. The van der Waals surface area contributed by atoms with Gasteiger partial charge >= 0.3 is 6.18 Å². The third-order valence-corrected chi connectivity index (χ3v) is 1.81. The van der Waals surface area contributed by atoms with Gasteiger partial charge in [0.15, 0.2) is 6.10 Å². The van der Waals surface area contributed by atoms with E-state index in [1.54, 1.807) is 6.92 Å². The number of nitrogens with two attached hydrogens (primary N) is 1. The summed E-state index contributed by atoms with van der Waals surface area (Å²) in [5.41, 5.74) is 4.95. The van der Waals surface area contributed by atoms with Crippen LogP contribution >= 0.6 is 0 Å². The topological polar surface area (TPSA) is 64.1 Å². The number of aryl methyl sites for hydroxylation is 1. The van der Waals surface area contributed by atoms with Crippen molar-refractivity contribution in [2.24, 2.45) is 0 Å². The quantitative estimate of drug-likeness (QED) is 0.766. The second-order valence-corrected chi connectivity index (χ2v) is 2.75. The molecular formula is C7H10F3N3O. The number of alkyl halides is 3. The molecule has 1 rings (SSSR count). The monoisotopic (exact) mass is 209 g/mol. The summed E-state index contributed by atoms with van der Waals surface area (Å²) in [6, 6.07) is 0. The van der Waals surface area contributed by atoms with Crippen LogP contribution in [0.3, 0.4) is 0 Å². The highest BCUT2D eigenvalue weighted by Gasteiger charge is 2.41. The Morgan fingerprint density at radius 3 is 2.57 bits per heavy atom. The first-order chi connectivity index (χ1) is 6.38. The van der Waals surface area contributed by atoms with E-state index in [1.165, 1.54) is 4.68 Å². The van der Waals surface area contributed by atoms with E-state index in [0.29, 0.717) is 6.54 Å². The minimum Gasteiger partial charge on any atom is -0.384 e. The lowest BCUT2D eigenvalue weighted by atomic mass is 10.2. The number of hydrogen-bond donors (Lipinski definition) is 2. The van der Waals surface area contributed by atoms with Crippen LogP contribution in [0.5, 0.6) is 0 Å². The van der Waals surface area contributed by atoms with Gasteiger partial charge in [-0.3, -0.25) is 4.68 Å². The smallest absolute Gasteiger partial charge is 0.384 e. The maximum absolute atomic E-state index is 12.1. The number of nitrogens with zero attached hydrogens (tertiary/aromatic N) is 2. The third kappa shape index (κ3) is 1.82. The van der Waals surface area contributed by atoms with Gasteiger partial charge in [0, 0.05) is 6.54 Å². The first-order valence-corrected chi connectivity index (χ1v) is 3.93. The number of aliphatic hydroxyl groups is 1. The molecule has 1 aromatic rings. The molecule has 1 aromatic heterocycles. The Morgan fingerprint density at radius 1 is 1.64 bits per heavy atom. The lowest BCUT2D eigenvalue weighted by Crippen LogP contribution is -2.21. The molecule has 7 heteroatoms. The molecule has 0 aliphatic heterocycles. The molecular weight excluding hydrogens is 199 g/mol. The van der Waals surface area contributed by atoms with Crippen LogP contribution < -0.4 is 5.73 Å². The minimum absolute atomic E-state index is 0.155. The van der Waals surface area contributed by atoms with Crippen LogP contribution in [0.1, 0.15) is 18.6 Å². The molecule has 0 saturated carbocycles. The summed E-state index contributed by atoms with van der Waals surface area (Å²) in [5, 5.41) is 12.5. The van der Waals surface area contributed by atoms with Crippen molar-refractivity contribution in [3.05, 3.63) is 11.8 Å². The maximum Gasteiger partial charge on any atom is 0.418 e. The van der Waals surface area contributed by atoms with Crippen molar-refractivity contribution < 1.29 is 18.3 Å². The van der Waals surface area contributed by atoms with Crippen molar-refractivity contribution in [1.29, 1.82) is 0 Å². The van der Waals surface area contributed by atoms with Gasteiger partial charge in [-0.15, -0.1) is 0 Å². The van der Waals surface area contributed by atoms with E-state index in [9.17, 15) is 13.2 Å². The fraction of sp³-hybridized carbons (Fsp3) is 0.571. The first kappa shape index (κ1) is 10.8. The van der Waals surface area contributed by atoms with Gasteiger partial charge in [-0.2, -0.15) is 18.3 Å². The molecule has 1 heterocycles. The van der Waals surface area contributed by atoms with E-state index in [1.807, 2.05) is 0 Å². The van der Waals surface area contributed by atoms with E-state index in [-0.39, 0.29) is 5.82 Å². The van der Waals surface area contributed by atoms with Gasteiger partial charge in [0.05, 0.1) is 11.8 Å². The maximum atomic E-state index is 12.1. The standard InChI is InChI=1S/C7H10F3N3O/c1-2-13-6(11)4(3-12-13)5(14)7(8,9)10/h3,5,14H,2,11H2,1H3. The van der Waals surface area contributed by atoms with Crippen molar-refractivity contribution in [3.8, 4) is 0 Å². The van der Waals surface area contributed by atoms with Crippen LogP contribution in [-0.2, 0) is 6.54 Å². The zero-order chi connectivity index (χ0) is 10.9. The van der Waals surface area contributed by atoms with Gasteiger partial charge in [-0.1, -0.05) is 0 Å². The number of anilines is 1. The Bertz CT molecular complexity index is 320. The molecule has 3 N–H and O–H groups in total. The van der Waals surface area contributed by atoms with Crippen molar-refractivity contribution in [2.45, 2.75) is 25.7 Å². The molecule has 80 valence electrons. The molecule has 0 spiro atoms. The van der Waals surface area contributed by atoms with Gasteiger partial charge < -0.3 is 10.8 Å². The fourth-order valence-electron chi connectivity index (χ4n) is 1.05. The molecule has 0 bridgehead atoms. The Balaban J connectivity index is 3.02. The minimum atomic E-state index is -4.71. The molecule has 0 aliphatic carbocycles. The normalized spacial score (nSPS) is 14.4. The molecule has 14 heavy (non-hydrogen) atoms. The highest BCUT2D eigenvalue weighted by Crippen LogP contribution is 2.34. The Labute approximate surface area is 78.1 Å². The lowest BCUT2D eigenvalue weighted by Gasteiger charge is -2.13. The Kier molecular flexibility index (Phi) is 2.70. The highest BCUT2D eigenvalue weighted by atomic mass is 19.4. The van der Waals surface area contributed by atoms with Crippen LogP contribution in [-0.4, -0.2) is 21.1 Å². The average Bonchev–Trinajstić information content (AvgIpc) is 2.43. The summed E-state index contributed by atoms with van der Waals surface area (Å²) < 4.78 is 37.4. The van der Waals surface area contributed by atoms with E-state index in [0.717, 1.165) is 6.20 Å². The van der Waals surface area contributed by atoms with Crippen LogP contribution in [0.25, 0.3) is 0 Å². The summed E-state index contributed by atoms with van der Waals surface area (Å²) in [4.78, 5) is 0. The third-order valence-electron chi connectivity index (χ3n) is 1.81. The van der Waals surface area contributed by atoms with E-state index >= 15 is 0 Å². The molecule has 0 saturated heterocycles. The van der Waals surface area contributed by atoms with Crippen LogP contribution in [0.4, 0.5) is 19.0 Å². The zero-order valence-electron chi connectivity index (χ0n) is 7.41. The Hall–Kier alpha value is -1.24. The highest BCUT2D eigenvalue weighted by molar-refractivity contribution is 5.40. The van der Waals surface area contributed by atoms with Crippen LogP contribution in [0.15, 0.2) is 6.20 Å². The largest absolute Gasteiger partial charge is 0.418 e. The number of aliphatic hydroxyl groups excluding tert-OH is 1. The van der Waals surface area contributed by atoms with Crippen molar-refractivity contribution in [3.63, 3.8) is 0 Å². The molecule has 0 aromatic carbocycles. The number of rotatable bonds is 2. The molecule has 1 unspecified atom stereocenters. The van der Waals surface area contributed by atoms with E-state index in [2.05, 4.69) is 5.10 Å². The van der Waals surface area contributed by atoms with Crippen LogP contribution in [0.2, 0.25) is 0 Å². The van der Waals surface area contributed by atoms with E-state index in [4.69, 9.17) is 10.8 Å². The number of nitrogen functional groups attached to an aromatic ring is 1. The summed E-state index contributed by atoms with van der Waals surface area (Å²) in [7, 11) is 0. The van der Waals surface area contributed by atoms with Gasteiger partial charge in [-0.05, 0) is 6.92 Å². The average molecular weight is 209 g/mol. The van der Waals surface area contributed by atoms with Gasteiger partial charge in [-0.25, -0.2) is 0 Å². The molecule has 1 atom stereocenters. The second kappa shape index (κ2) is 3.49. The van der Waals surface area contributed by atoms with E-state index < -0.39 is 17.8 Å². The predicted octanol–water partition coefficient (Wildman–Crippen LogP) is 1.08. The molecule has 0 radical (unpaired) electrons. The van der Waals surface area contributed by atoms with Crippen LogP contribution in [0, 0.1) is 0 Å². The fourth-order valence-corrected chi connectivity index (χ4v) is 1.05. The predicted molar refractivity (Wildman–Crippen MR) is 43.3 cm³/mol. The number of aromatic nitrogens is 2. The number of hydrogen-bond acceptors (Lipinski definition) is 3. The van der Waals surface area contributed by atoms with Gasteiger partial charge in [0.1, 0.15) is 5.82 Å². The first-order valence-electron chi connectivity index (χ1n) is 3.93. The summed E-state index contributed by atoms with van der Waals surface area (Å²) in [6.45, 7) is 2.05. The molecule has 0 aliphatic rings. The van der Waals surface area contributed by atoms with Crippen molar-refractivity contribution in [1.82, 2.24) is 9.78 Å². The van der Waals surface area contributed by atoms with Gasteiger partial charge in [0.2, 0.25) is 0 Å². The molecule has 0 fully saturated rings. The summed E-state index contributed by atoms with van der Waals surface area (Å²) >= 11 is 0. The summed E-state index contributed by atoms with van der Waals surface area (Å²) in [6.07, 6.45) is -6.35. The SMILES string of the molecule is CCn1ncc(C(O)C(F)(F)F)c1N. The second-order valence-electron chi connectivity index (χ2n) is 2.75. The summed E-state index contributed by atoms with van der Waals surface area (Å²) in [5.74, 6) is -0.155. The van der Waals surface area contributed by atoms with Crippen molar-refractivity contribution in [2.75, 3.05) is 5.73 Å².